The first-order chi connectivity index (χ1) is 10.1. The zero-order valence-corrected chi connectivity index (χ0v) is 12.9. The van der Waals surface area contributed by atoms with E-state index in [2.05, 4.69) is 20.8 Å². The fourth-order valence-corrected chi connectivity index (χ4v) is 2.41. The van der Waals surface area contributed by atoms with Crippen LogP contribution in [0.1, 0.15) is 11.1 Å². The van der Waals surface area contributed by atoms with Gasteiger partial charge in [-0.15, -0.1) is 5.10 Å². The van der Waals surface area contributed by atoms with Crippen LogP contribution < -0.4 is 11.1 Å². The Morgan fingerprint density at radius 1 is 1.38 bits per heavy atom. The standard InChI is InChI=1S/C13H18N6OS/c1-9-3-4-11(7-10(9)2)15-12(20)8-21-13-16-17-18-19(13)6-5-14/h3-4,7H,5-6,8,14H2,1-2H3,(H,15,20). The van der Waals surface area contributed by atoms with E-state index in [0.717, 1.165) is 11.3 Å². The highest BCUT2D eigenvalue weighted by Gasteiger charge is 2.10. The Morgan fingerprint density at radius 2 is 2.19 bits per heavy atom. The number of rotatable bonds is 6. The van der Waals surface area contributed by atoms with Gasteiger partial charge in [-0.05, 0) is 47.5 Å². The molecule has 0 aliphatic heterocycles. The maximum absolute atomic E-state index is 11.9. The Labute approximate surface area is 127 Å². The summed E-state index contributed by atoms with van der Waals surface area (Å²) in [5.74, 6) is 0.156. The molecule has 8 heteroatoms. The zero-order chi connectivity index (χ0) is 15.2. The van der Waals surface area contributed by atoms with E-state index in [1.165, 1.54) is 17.3 Å². The van der Waals surface area contributed by atoms with Crippen LogP contribution in [0, 0.1) is 13.8 Å². The molecule has 0 bridgehead atoms. The molecule has 0 atom stereocenters. The van der Waals surface area contributed by atoms with Crippen LogP contribution in [0.3, 0.4) is 0 Å². The minimum Gasteiger partial charge on any atom is -0.329 e. The Hall–Kier alpha value is -1.93. The molecule has 0 aliphatic rings. The van der Waals surface area contributed by atoms with E-state index in [0.29, 0.717) is 18.2 Å². The summed E-state index contributed by atoms with van der Waals surface area (Å²) < 4.78 is 1.59. The Morgan fingerprint density at radius 3 is 2.90 bits per heavy atom. The van der Waals surface area contributed by atoms with Crippen molar-refractivity contribution in [3.63, 3.8) is 0 Å². The van der Waals surface area contributed by atoms with Crippen LogP contribution in [0.2, 0.25) is 0 Å². The molecule has 0 unspecified atom stereocenters. The average Bonchev–Trinajstić information content (AvgIpc) is 2.89. The second-order valence-corrected chi connectivity index (χ2v) is 5.55. The number of nitrogens with one attached hydrogen (secondary N) is 1. The van der Waals surface area contributed by atoms with Gasteiger partial charge in [0.1, 0.15) is 0 Å². The first-order valence-electron chi connectivity index (χ1n) is 6.56. The van der Waals surface area contributed by atoms with Gasteiger partial charge in [0.05, 0.1) is 12.3 Å². The number of nitrogens with two attached hydrogens (primary N) is 1. The lowest BCUT2D eigenvalue weighted by Gasteiger charge is -2.07. The lowest BCUT2D eigenvalue weighted by molar-refractivity contribution is -0.113. The van der Waals surface area contributed by atoms with Gasteiger partial charge in [-0.25, -0.2) is 4.68 Å². The molecular formula is C13H18N6OS. The number of hydrogen-bond donors (Lipinski definition) is 2. The monoisotopic (exact) mass is 306 g/mol. The summed E-state index contributed by atoms with van der Waals surface area (Å²) in [6.45, 7) is 5.04. The second kappa shape index (κ2) is 7.19. The predicted octanol–water partition coefficient (Wildman–Crippen LogP) is 0.979. The molecule has 1 amide bonds. The molecule has 0 saturated carbocycles. The van der Waals surface area contributed by atoms with Gasteiger partial charge in [0.15, 0.2) is 0 Å². The topological polar surface area (TPSA) is 98.7 Å². The summed E-state index contributed by atoms with van der Waals surface area (Å²) in [7, 11) is 0. The number of hydrogen-bond acceptors (Lipinski definition) is 6. The van der Waals surface area contributed by atoms with Crippen LogP contribution in [0.15, 0.2) is 23.4 Å². The molecule has 0 aliphatic carbocycles. The minimum atomic E-state index is -0.0921. The number of carbonyl (C=O) groups excluding carboxylic acids is 1. The van der Waals surface area contributed by atoms with Crippen molar-refractivity contribution in [2.75, 3.05) is 17.6 Å². The molecule has 7 nitrogen and oxygen atoms in total. The van der Waals surface area contributed by atoms with E-state index in [1.54, 1.807) is 4.68 Å². The van der Waals surface area contributed by atoms with Crippen LogP contribution >= 0.6 is 11.8 Å². The molecule has 1 aromatic carbocycles. The highest BCUT2D eigenvalue weighted by molar-refractivity contribution is 7.99. The van der Waals surface area contributed by atoms with Gasteiger partial charge in [0.25, 0.3) is 0 Å². The minimum absolute atomic E-state index is 0.0921. The number of carbonyl (C=O) groups is 1. The molecule has 0 fully saturated rings. The Balaban J connectivity index is 1.89. The smallest absolute Gasteiger partial charge is 0.234 e. The fraction of sp³-hybridized carbons (Fsp3) is 0.385. The number of amides is 1. The summed E-state index contributed by atoms with van der Waals surface area (Å²) >= 11 is 1.29. The summed E-state index contributed by atoms with van der Waals surface area (Å²) in [5.41, 5.74) is 8.61. The van der Waals surface area contributed by atoms with Gasteiger partial charge in [0.2, 0.25) is 11.1 Å². The summed E-state index contributed by atoms with van der Waals surface area (Å²) in [6.07, 6.45) is 0. The molecule has 21 heavy (non-hydrogen) atoms. The van der Waals surface area contributed by atoms with Crippen molar-refractivity contribution in [3.05, 3.63) is 29.3 Å². The normalized spacial score (nSPS) is 10.6. The van der Waals surface area contributed by atoms with E-state index in [9.17, 15) is 4.79 Å². The first kappa shape index (κ1) is 15.5. The van der Waals surface area contributed by atoms with Crippen molar-refractivity contribution < 1.29 is 4.79 Å². The van der Waals surface area contributed by atoms with Gasteiger partial charge < -0.3 is 11.1 Å². The Bertz CT molecular complexity index is 627. The second-order valence-electron chi connectivity index (χ2n) is 4.61. The molecule has 112 valence electrons. The summed E-state index contributed by atoms with van der Waals surface area (Å²) in [4.78, 5) is 11.9. The van der Waals surface area contributed by atoms with Crippen molar-refractivity contribution in [3.8, 4) is 0 Å². The largest absolute Gasteiger partial charge is 0.329 e. The van der Waals surface area contributed by atoms with Crippen LogP contribution in [0.4, 0.5) is 5.69 Å². The van der Waals surface area contributed by atoms with Crippen molar-refractivity contribution in [2.45, 2.75) is 25.5 Å². The molecule has 2 rings (SSSR count). The molecule has 0 saturated heterocycles. The molecule has 3 N–H and O–H groups in total. The maximum Gasteiger partial charge on any atom is 0.234 e. The average molecular weight is 306 g/mol. The molecule has 0 spiro atoms. The predicted molar refractivity (Wildman–Crippen MR) is 82.1 cm³/mol. The van der Waals surface area contributed by atoms with Crippen molar-refractivity contribution in [1.29, 1.82) is 0 Å². The highest BCUT2D eigenvalue weighted by Crippen LogP contribution is 2.16. The van der Waals surface area contributed by atoms with Crippen molar-refractivity contribution in [2.24, 2.45) is 5.73 Å². The van der Waals surface area contributed by atoms with Gasteiger partial charge in [0, 0.05) is 12.2 Å². The number of aryl methyl sites for hydroxylation is 2. The molecule has 2 aromatic rings. The molecule has 0 radical (unpaired) electrons. The van der Waals surface area contributed by atoms with Crippen molar-refractivity contribution in [1.82, 2.24) is 20.2 Å². The summed E-state index contributed by atoms with van der Waals surface area (Å²) in [6, 6.07) is 5.83. The molecule has 1 aromatic heterocycles. The quantitative estimate of drug-likeness (QED) is 0.772. The highest BCUT2D eigenvalue weighted by atomic mass is 32.2. The van der Waals surface area contributed by atoms with Crippen LogP contribution in [0.5, 0.6) is 0 Å². The van der Waals surface area contributed by atoms with E-state index in [4.69, 9.17) is 5.73 Å². The number of anilines is 1. The summed E-state index contributed by atoms with van der Waals surface area (Å²) in [5, 5.41) is 14.7. The van der Waals surface area contributed by atoms with E-state index in [1.807, 2.05) is 32.0 Å². The molecule has 1 heterocycles. The van der Waals surface area contributed by atoms with Gasteiger partial charge in [-0.1, -0.05) is 17.8 Å². The number of thioether (sulfide) groups is 1. The van der Waals surface area contributed by atoms with Gasteiger partial charge in [-0.2, -0.15) is 0 Å². The number of benzene rings is 1. The van der Waals surface area contributed by atoms with Gasteiger partial charge in [-0.3, -0.25) is 4.79 Å². The Kier molecular flexibility index (Phi) is 5.29. The third kappa shape index (κ3) is 4.27. The number of tetrazole rings is 1. The van der Waals surface area contributed by atoms with E-state index < -0.39 is 0 Å². The lowest BCUT2D eigenvalue weighted by atomic mass is 10.1. The maximum atomic E-state index is 11.9. The lowest BCUT2D eigenvalue weighted by Crippen LogP contribution is -2.16. The number of nitrogens with zero attached hydrogens (tertiary/aromatic N) is 4. The third-order valence-electron chi connectivity index (χ3n) is 2.96. The fourth-order valence-electron chi connectivity index (χ4n) is 1.71. The molecular weight excluding hydrogens is 288 g/mol. The van der Waals surface area contributed by atoms with Gasteiger partial charge >= 0.3 is 0 Å². The van der Waals surface area contributed by atoms with E-state index in [-0.39, 0.29) is 11.7 Å². The SMILES string of the molecule is Cc1ccc(NC(=O)CSc2nnnn2CCN)cc1C. The number of aromatic nitrogens is 4. The third-order valence-corrected chi connectivity index (χ3v) is 3.92. The first-order valence-corrected chi connectivity index (χ1v) is 7.55. The van der Waals surface area contributed by atoms with Crippen molar-refractivity contribution >= 4 is 23.4 Å². The van der Waals surface area contributed by atoms with Crippen LogP contribution in [-0.4, -0.2) is 38.4 Å². The zero-order valence-electron chi connectivity index (χ0n) is 12.0. The van der Waals surface area contributed by atoms with Crippen LogP contribution in [-0.2, 0) is 11.3 Å². The van der Waals surface area contributed by atoms with Crippen LogP contribution in [0.25, 0.3) is 0 Å². The van der Waals surface area contributed by atoms with E-state index >= 15 is 0 Å².